The summed E-state index contributed by atoms with van der Waals surface area (Å²) in [7, 11) is -3.56. The van der Waals surface area contributed by atoms with Crippen molar-refractivity contribution in [2.75, 3.05) is 32.7 Å². The van der Waals surface area contributed by atoms with Crippen LogP contribution in [0.25, 0.3) is 6.08 Å². The third kappa shape index (κ3) is 7.35. The average Bonchev–Trinajstić information content (AvgIpc) is 3.12. The van der Waals surface area contributed by atoms with Crippen LogP contribution in [0.15, 0.2) is 51.7 Å². The Bertz CT molecular complexity index is 937. The molecule has 1 saturated heterocycles. The fraction of sp³-hybridized carbons (Fsp3) is 0.350. The number of hydrogen-bond acceptors (Lipinski definition) is 5. The van der Waals surface area contributed by atoms with Crippen LogP contribution in [-0.2, 0) is 21.4 Å². The van der Waals surface area contributed by atoms with Gasteiger partial charge in [-0.05, 0) is 39.7 Å². The van der Waals surface area contributed by atoms with Crippen molar-refractivity contribution in [2.24, 2.45) is 0 Å². The molecule has 6 nitrogen and oxygen atoms in total. The van der Waals surface area contributed by atoms with E-state index in [4.69, 9.17) is 0 Å². The first-order valence-electron chi connectivity index (χ1n) is 9.38. The van der Waals surface area contributed by atoms with Crippen molar-refractivity contribution in [2.45, 2.75) is 13.0 Å². The fourth-order valence-electron chi connectivity index (χ4n) is 3.05. The summed E-state index contributed by atoms with van der Waals surface area (Å²) in [6.07, 6.45) is 1.70. The minimum absolute atomic E-state index is 0.0155. The molecule has 0 bridgehead atoms. The van der Waals surface area contributed by atoms with E-state index in [1.54, 1.807) is 11.3 Å². The minimum Gasteiger partial charge on any atom is -0.340 e. The highest BCUT2D eigenvalue weighted by Gasteiger charge is 2.21. The Morgan fingerprint density at radius 1 is 1.10 bits per heavy atom. The zero-order valence-corrected chi connectivity index (χ0v) is 19.2. The summed E-state index contributed by atoms with van der Waals surface area (Å²) in [5.74, 6) is -0.0155. The molecule has 156 valence electrons. The van der Waals surface area contributed by atoms with Crippen molar-refractivity contribution >= 4 is 49.3 Å². The molecule has 0 radical (unpaired) electrons. The van der Waals surface area contributed by atoms with Gasteiger partial charge in [0.25, 0.3) is 0 Å². The molecule has 1 aliphatic heterocycles. The van der Waals surface area contributed by atoms with Gasteiger partial charge in [0.15, 0.2) is 0 Å². The smallest absolute Gasteiger partial charge is 0.233 e. The summed E-state index contributed by atoms with van der Waals surface area (Å²) in [5, 5.41) is 1.13. The minimum atomic E-state index is -3.56. The molecule has 0 spiro atoms. The van der Waals surface area contributed by atoms with E-state index in [9.17, 15) is 13.2 Å². The maximum absolute atomic E-state index is 12.4. The second-order valence-corrected chi connectivity index (χ2v) is 11.0. The van der Waals surface area contributed by atoms with Gasteiger partial charge >= 0.3 is 0 Å². The van der Waals surface area contributed by atoms with Crippen molar-refractivity contribution in [1.29, 1.82) is 0 Å². The molecule has 1 amide bonds. The summed E-state index contributed by atoms with van der Waals surface area (Å²) < 4.78 is 27.7. The molecule has 9 heteroatoms. The molecule has 1 N–H and O–H groups in total. The first-order valence-corrected chi connectivity index (χ1v) is 12.5. The number of benzene rings is 1. The molecule has 0 atom stereocenters. The van der Waals surface area contributed by atoms with Crippen LogP contribution in [0.3, 0.4) is 0 Å². The predicted molar refractivity (Wildman–Crippen MR) is 121 cm³/mol. The van der Waals surface area contributed by atoms with Crippen LogP contribution >= 0.6 is 27.3 Å². The van der Waals surface area contributed by atoms with Crippen LogP contribution in [0.1, 0.15) is 16.9 Å². The Balaban J connectivity index is 1.38. The van der Waals surface area contributed by atoms with E-state index in [-0.39, 0.29) is 18.9 Å². The van der Waals surface area contributed by atoms with Crippen LogP contribution in [0.4, 0.5) is 0 Å². The SMILES string of the molecule is O=C(CCNS(=O)(=O)/C=C/c1ccccc1)N1CCN(Cc2ccc(Br)s2)CC1. The van der Waals surface area contributed by atoms with Crippen LogP contribution in [-0.4, -0.2) is 56.8 Å². The number of nitrogens with one attached hydrogen (secondary N) is 1. The number of hydrogen-bond donors (Lipinski definition) is 1. The third-order valence-corrected chi connectivity index (χ3v) is 7.32. The van der Waals surface area contributed by atoms with E-state index in [1.807, 2.05) is 35.2 Å². The van der Waals surface area contributed by atoms with E-state index in [1.165, 1.54) is 11.0 Å². The highest BCUT2D eigenvalue weighted by atomic mass is 79.9. The lowest BCUT2D eigenvalue weighted by Crippen LogP contribution is -2.48. The van der Waals surface area contributed by atoms with Crippen molar-refractivity contribution in [1.82, 2.24) is 14.5 Å². The molecule has 2 heterocycles. The Kier molecular flexibility index (Phi) is 8.02. The van der Waals surface area contributed by atoms with Gasteiger partial charge < -0.3 is 4.90 Å². The van der Waals surface area contributed by atoms with Gasteiger partial charge in [0.05, 0.1) is 3.79 Å². The van der Waals surface area contributed by atoms with Crippen molar-refractivity contribution < 1.29 is 13.2 Å². The van der Waals surface area contributed by atoms with Gasteiger partial charge in [0.1, 0.15) is 0 Å². The summed E-state index contributed by atoms with van der Waals surface area (Å²) >= 11 is 5.21. The van der Waals surface area contributed by atoms with Crippen molar-refractivity contribution in [3.8, 4) is 0 Å². The fourth-order valence-corrected chi connectivity index (χ4v) is 5.40. The number of piperazine rings is 1. The van der Waals surface area contributed by atoms with Gasteiger partial charge in [-0.3, -0.25) is 9.69 Å². The number of thiophene rings is 1. The van der Waals surface area contributed by atoms with Gasteiger partial charge in [-0.15, -0.1) is 11.3 Å². The van der Waals surface area contributed by atoms with E-state index >= 15 is 0 Å². The molecule has 1 aromatic carbocycles. The topological polar surface area (TPSA) is 69.7 Å². The number of rotatable bonds is 8. The number of carbonyl (C=O) groups excluding carboxylic acids is 1. The van der Waals surface area contributed by atoms with E-state index in [0.29, 0.717) is 13.1 Å². The lowest BCUT2D eigenvalue weighted by Gasteiger charge is -2.34. The number of amides is 1. The summed E-state index contributed by atoms with van der Waals surface area (Å²) in [6.45, 7) is 3.99. The quantitative estimate of drug-likeness (QED) is 0.608. The molecule has 0 aliphatic carbocycles. The lowest BCUT2D eigenvalue weighted by atomic mass is 10.2. The Labute approximate surface area is 184 Å². The van der Waals surface area contributed by atoms with Gasteiger partial charge in [0.2, 0.25) is 15.9 Å². The zero-order valence-electron chi connectivity index (χ0n) is 16.0. The van der Waals surface area contributed by atoms with Crippen LogP contribution in [0.5, 0.6) is 0 Å². The number of carbonyl (C=O) groups is 1. The van der Waals surface area contributed by atoms with Gasteiger partial charge in [-0.2, -0.15) is 0 Å². The molecule has 1 fully saturated rings. The molecule has 0 saturated carbocycles. The van der Waals surface area contributed by atoms with Crippen molar-refractivity contribution in [3.63, 3.8) is 0 Å². The van der Waals surface area contributed by atoms with E-state index in [0.717, 1.165) is 34.4 Å². The highest BCUT2D eigenvalue weighted by molar-refractivity contribution is 9.11. The normalized spacial score (nSPS) is 15.8. The molecule has 1 aliphatic rings. The Hall–Kier alpha value is -1.52. The first-order chi connectivity index (χ1) is 13.9. The molecular formula is C20H24BrN3O3S2. The molecule has 2 aromatic rings. The third-order valence-electron chi connectivity index (χ3n) is 4.61. The van der Waals surface area contributed by atoms with Crippen LogP contribution in [0.2, 0.25) is 0 Å². The summed E-state index contributed by atoms with van der Waals surface area (Å²) in [5.41, 5.74) is 0.807. The van der Waals surface area contributed by atoms with E-state index in [2.05, 4.69) is 37.7 Å². The van der Waals surface area contributed by atoms with Gasteiger partial charge in [-0.1, -0.05) is 30.3 Å². The maximum Gasteiger partial charge on any atom is 0.233 e. The first kappa shape index (κ1) is 22.2. The molecular weight excluding hydrogens is 474 g/mol. The monoisotopic (exact) mass is 497 g/mol. The Morgan fingerprint density at radius 2 is 1.83 bits per heavy atom. The number of sulfonamides is 1. The molecule has 29 heavy (non-hydrogen) atoms. The molecule has 3 rings (SSSR count). The zero-order chi connectivity index (χ0) is 20.7. The Morgan fingerprint density at radius 3 is 2.48 bits per heavy atom. The van der Waals surface area contributed by atoms with Gasteiger partial charge in [0, 0.05) is 56.0 Å². The van der Waals surface area contributed by atoms with Crippen LogP contribution < -0.4 is 4.72 Å². The molecule has 1 aromatic heterocycles. The predicted octanol–water partition coefficient (Wildman–Crippen LogP) is 3.14. The molecule has 0 unspecified atom stereocenters. The number of nitrogens with zero attached hydrogens (tertiary/aromatic N) is 2. The highest BCUT2D eigenvalue weighted by Crippen LogP contribution is 2.23. The maximum atomic E-state index is 12.4. The second kappa shape index (κ2) is 10.5. The average molecular weight is 498 g/mol. The second-order valence-electron chi connectivity index (χ2n) is 6.77. The lowest BCUT2D eigenvalue weighted by molar-refractivity contribution is -0.132. The largest absolute Gasteiger partial charge is 0.340 e. The van der Waals surface area contributed by atoms with E-state index < -0.39 is 10.0 Å². The summed E-state index contributed by atoms with van der Waals surface area (Å²) in [4.78, 5) is 17.8. The standard InChI is InChI=1S/C20H24BrN3O3S2/c21-19-7-6-18(28-19)16-23-11-13-24(14-12-23)20(25)8-10-22-29(26,27)15-9-17-4-2-1-3-5-17/h1-7,9,15,22H,8,10-14,16H2/b15-9+. The van der Waals surface area contributed by atoms with Crippen molar-refractivity contribution in [3.05, 3.63) is 62.1 Å². The number of halogens is 1. The van der Waals surface area contributed by atoms with Crippen LogP contribution in [0, 0.1) is 0 Å². The van der Waals surface area contributed by atoms with Gasteiger partial charge in [-0.25, -0.2) is 13.1 Å². The summed E-state index contributed by atoms with van der Waals surface area (Å²) in [6, 6.07) is 13.4.